The molecule has 0 amide bonds. The van der Waals surface area contributed by atoms with Gasteiger partial charge in [-0.05, 0) is 56.9 Å². The van der Waals surface area contributed by atoms with Crippen molar-refractivity contribution in [3.63, 3.8) is 0 Å². The van der Waals surface area contributed by atoms with Crippen LogP contribution in [0.4, 0.5) is 0 Å². The lowest BCUT2D eigenvalue weighted by Gasteiger charge is -2.22. The molecular formula is C19H24ClN. The van der Waals surface area contributed by atoms with Crippen LogP contribution in [0.1, 0.15) is 42.1 Å². The first-order valence-corrected chi connectivity index (χ1v) is 7.91. The van der Waals surface area contributed by atoms with Crippen molar-refractivity contribution in [1.82, 2.24) is 5.32 Å². The van der Waals surface area contributed by atoms with Gasteiger partial charge in [0.25, 0.3) is 0 Å². The molecule has 0 radical (unpaired) electrons. The molecule has 1 nitrogen and oxygen atoms in total. The molecule has 0 aromatic heterocycles. The monoisotopic (exact) mass is 301 g/mol. The Morgan fingerprint density at radius 2 is 1.76 bits per heavy atom. The molecule has 0 aliphatic carbocycles. The maximum absolute atomic E-state index is 6.24. The third-order valence-electron chi connectivity index (χ3n) is 3.92. The SMILES string of the molecule is Cc1ccc(C)c(C(C)NC(C)Cc2ccccc2Cl)c1. The highest BCUT2D eigenvalue weighted by molar-refractivity contribution is 6.31. The van der Waals surface area contributed by atoms with Gasteiger partial charge in [-0.15, -0.1) is 0 Å². The molecule has 0 fully saturated rings. The maximum atomic E-state index is 6.24. The van der Waals surface area contributed by atoms with Gasteiger partial charge in [-0.2, -0.15) is 0 Å². The second kappa shape index (κ2) is 7.11. The highest BCUT2D eigenvalue weighted by Gasteiger charge is 2.13. The minimum absolute atomic E-state index is 0.336. The van der Waals surface area contributed by atoms with E-state index >= 15 is 0 Å². The van der Waals surface area contributed by atoms with Crippen LogP contribution in [0.3, 0.4) is 0 Å². The predicted molar refractivity (Wildman–Crippen MR) is 92.1 cm³/mol. The van der Waals surface area contributed by atoms with Crippen LogP contribution >= 0.6 is 11.6 Å². The molecule has 0 saturated carbocycles. The van der Waals surface area contributed by atoms with Crippen LogP contribution in [0.2, 0.25) is 5.02 Å². The van der Waals surface area contributed by atoms with Gasteiger partial charge in [-0.1, -0.05) is 53.6 Å². The Balaban J connectivity index is 2.04. The van der Waals surface area contributed by atoms with E-state index in [0.29, 0.717) is 12.1 Å². The van der Waals surface area contributed by atoms with E-state index < -0.39 is 0 Å². The number of hydrogen-bond donors (Lipinski definition) is 1. The molecule has 2 aromatic rings. The molecule has 2 heteroatoms. The molecule has 0 bridgehead atoms. The Kier molecular flexibility index (Phi) is 5.44. The van der Waals surface area contributed by atoms with Crippen molar-refractivity contribution in [3.05, 3.63) is 69.7 Å². The van der Waals surface area contributed by atoms with Crippen LogP contribution in [-0.2, 0) is 6.42 Å². The highest BCUT2D eigenvalue weighted by Crippen LogP contribution is 2.21. The topological polar surface area (TPSA) is 12.0 Å². The van der Waals surface area contributed by atoms with Crippen molar-refractivity contribution in [1.29, 1.82) is 0 Å². The van der Waals surface area contributed by atoms with E-state index in [2.05, 4.69) is 57.3 Å². The molecule has 112 valence electrons. The van der Waals surface area contributed by atoms with Gasteiger partial charge in [-0.25, -0.2) is 0 Å². The summed E-state index contributed by atoms with van der Waals surface area (Å²) in [5, 5.41) is 4.53. The molecule has 0 aliphatic rings. The van der Waals surface area contributed by atoms with E-state index in [1.807, 2.05) is 18.2 Å². The summed E-state index contributed by atoms with van der Waals surface area (Å²) in [5.41, 5.74) is 5.22. The maximum Gasteiger partial charge on any atom is 0.0438 e. The zero-order valence-corrected chi connectivity index (χ0v) is 14.0. The molecule has 0 spiro atoms. The molecule has 2 unspecified atom stereocenters. The summed E-state index contributed by atoms with van der Waals surface area (Å²) in [4.78, 5) is 0. The second-order valence-corrected chi connectivity index (χ2v) is 6.35. The van der Waals surface area contributed by atoms with Crippen molar-refractivity contribution < 1.29 is 0 Å². The minimum Gasteiger partial charge on any atom is -0.307 e. The molecule has 2 atom stereocenters. The van der Waals surface area contributed by atoms with Crippen LogP contribution in [-0.4, -0.2) is 6.04 Å². The van der Waals surface area contributed by atoms with Gasteiger partial charge in [0.05, 0.1) is 0 Å². The number of hydrogen-bond acceptors (Lipinski definition) is 1. The smallest absolute Gasteiger partial charge is 0.0438 e. The summed E-state index contributed by atoms with van der Waals surface area (Å²) >= 11 is 6.24. The largest absolute Gasteiger partial charge is 0.307 e. The van der Waals surface area contributed by atoms with Gasteiger partial charge in [0.1, 0.15) is 0 Å². The van der Waals surface area contributed by atoms with Crippen molar-refractivity contribution in [3.8, 4) is 0 Å². The van der Waals surface area contributed by atoms with Crippen LogP contribution in [0, 0.1) is 13.8 Å². The molecule has 0 heterocycles. The average Bonchev–Trinajstić information content (AvgIpc) is 2.44. The lowest BCUT2D eigenvalue weighted by molar-refractivity contribution is 0.476. The van der Waals surface area contributed by atoms with Gasteiger partial charge in [0, 0.05) is 17.1 Å². The van der Waals surface area contributed by atoms with Gasteiger partial charge >= 0.3 is 0 Å². The summed E-state index contributed by atoms with van der Waals surface area (Å²) in [6.45, 7) is 8.75. The summed E-state index contributed by atoms with van der Waals surface area (Å²) in [7, 11) is 0. The first kappa shape index (κ1) is 16.1. The minimum atomic E-state index is 0.336. The Morgan fingerprint density at radius 1 is 1.05 bits per heavy atom. The average molecular weight is 302 g/mol. The predicted octanol–water partition coefficient (Wildman–Crippen LogP) is 5.24. The van der Waals surface area contributed by atoms with Crippen molar-refractivity contribution in [2.75, 3.05) is 0 Å². The molecular weight excluding hydrogens is 278 g/mol. The van der Waals surface area contributed by atoms with Crippen LogP contribution in [0.15, 0.2) is 42.5 Å². The van der Waals surface area contributed by atoms with Crippen molar-refractivity contribution >= 4 is 11.6 Å². The molecule has 2 aromatic carbocycles. The van der Waals surface area contributed by atoms with E-state index in [9.17, 15) is 0 Å². The summed E-state index contributed by atoms with van der Waals surface area (Å²) < 4.78 is 0. The molecule has 21 heavy (non-hydrogen) atoms. The summed E-state index contributed by atoms with van der Waals surface area (Å²) in [6, 6.07) is 15.4. The number of aryl methyl sites for hydroxylation is 2. The Labute approximate surface area is 133 Å². The van der Waals surface area contributed by atoms with Gasteiger partial charge < -0.3 is 5.32 Å². The molecule has 0 saturated heterocycles. The zero-order valence-electron chi connectivity index (χ0n) is 13.3. The zero-order chi connectivity index (χ0) is 15.4. The first-order chi connectivity index (χ1) is 9.97. The van der Waals surface area contributed by atoms with E-state index in [-0.39, 0.29) is 0 Å². The molecule has 1 N–H and O–H groups in total. The van der Waals surface area contributed by atoms with E-state index in [4.69, 9.17) is 11.6 Å². The van der Waals surface area contributed by atoms with Crippen molar-refractivity contribution in [2.45, 2.75) is 46.2 Å². The lowest BCUT2D eigenvalue weighted by atomic mass is 9.98. The Morgan fingerprint density at radius 3 is 2.48 bits per heavy atom. The molecule has 0 aliphatic heterocycles. The fraction of sp³-hybridized carbons (Fsp3) is 0.368. The van der Waals surface area contributed by atoms with Crippen LogP contribution in [0.5, 0.6) is 0 Å². The van der Waals surface area contributed by atoms with E-state index in [1.165, 1.54) is 22.3 Å². The first-order valence-electron chi connectivity index (χ1n) is 7.54. The number of benzene rings is 2. The summed E-state index contributed by atoms with van der Waals surface area (Å²) in [5.74, 6) is 0. The highest BCUT2D eigenvalue weighted by atomic mass is 35.5. The van der Waals surface area contributed by atoms with Gasteiger partial charge in [0.15, 0.2) is 0 Å². The quantitative estimate of drug-likeness (QED) is 0.796. The van der Waals surface area contributed by atoms with Gasteiger partial charge in [0.2, 0.25) is 0 Å². The number of halogens is 1. The Hall–Kier alpha value is -1.31. The van der Waals surface area contributed by atoms with Crippen LogP contribution < -0.4 is 5.32 Å². The normalized spacial score (nSPS) is 14.0. The second-order valence-electron chi connectivity index (χ2n) is 5.94. The fourth-order valence-corrected chi connectivity index (χ4v) is 3.01. The number of nitrogens with one attached hydrogen (secondary N) is 1. The standard InChI is InChI=1S/C19H24ClN/c1-13-9-10-14(2)18(11-13)16(4)21-15(3)12-17-7-5-6-8-19(17)20/h5-11,15-16,21H,12H2,1-4H3. The van der Waals surface area contributed by atoms with Gasteiger partial charge in [-0.3, -0.25) is 0 Å². The lowest BCUT2D eigenvalue weighted by Crippen LogP contribution is -2.31. The van der Waals surface area contributed by atoms with Crippen molar-refractivity contribution in [2.24, 2.45) is 0 Å². The van der Waals surface area contributed by atoms with Crippen LogP contribution in [0.25, 0.3) is 0 Å². The Bertz CT molecular complexity index is 606. The molecule has 2 rings (SSSR count). The van der Waals surface area contributed by atoms with E-state index in [1.54, 1.807) is 0 Å². The van der Waals surface area contributed by atoms with E-state index in [0.717, 1.165) is 11.4 Å². The third-order valence-corrected chi connectivity index (χ3v) is 4.29. The fourth-order valence-electron chi connectivity index (χ4n) is 2.80. The number of rotatable bonds is 5. The third kappa shape index (κ3) is 4.33. The summed E-state index contributed by atoms with van der Waals surface area (Å²) in [6.07, 6.45) is 0.939.